The quantitative estimate of drug-likeness (QED) is 0.112. The van der Waals surface area contributed by atoms with E-state index in [-0.39, 0.29) is 41.8 Å². The summed E-state index contributed by atoms with van der Waals surface area (Å²) >= 11 is 0. The maximum atomic E-state index is 12.7. The largest absolute Gasteiger partial charge is 1.00 e. The Balaban J connectivity index is 0.00000529. The number of para-hydroxylation sites is 1. The number of amides is 3. The van der Waals surface area contributed by atoms with Gasteiger partial charge in [0.15, 0.2) is 0 Å². The first-order valence-electron chi connectivity index (χ1n) is 13.1. The molecule has 0 aliphatic carbocycles. The van der Waals surface area contributed by atoms with Crippen LogP contribution in [-0.4, -0.2) is 91.5 Å². The number of carboxylic acids is 1. The second kappa shape index (κ2) is 15.6. The van der Waals surface area contributed by atoms with E-state index >= 15 is 0 Å². The van der Waals surface area contributed by atoms with Gasteiger partial charge in [-0.25, -0.2) is 4.68 Å². The van der Waals surface area contributed by atoms with Crippen molar-refractivity contribution >= 4 is 29.4 Å². The average Bonchev–Trinajstić information content (AvgIpc) is 3.49. The summed E-state index contributed by atoms with van der Waals surface area (Å²) in [5, 5.41) is 57.7. The molecule has 0 unspecified atom stereocenters. The number of carbonyl (C=O) groups is 4. The normalized spacial score (nSPS) is 18.8. The van der Waals surface area contributed by atoms with Crippen LogP contribution >= 0.6 is 0 Å². The van der Waals surface area contributed by atoms with Gasteiger partial charge in [0.25, 0.3) is 5.91 Å². The molecule has 15 nitrogen and oxygen atoms in total. The van der Waals surface area contributed by atoms with Gasteiger partial charge in [-0.05, 0) is 24.3 Å². The molecule has 1 aliphatic rings. The fourth-order valence-corrected chi connectivity index (χ4v) is 4.49. The predicted octanol–water partition coefficient (Wildman–Crippen LogP) is -4.89. The smallest absolute Gasteiger partial charge is 0.542 e. The second-order valence-corrected chi connectivity index (χ2v) is 9.58. The van der Waals surface area contributed by atoms with Gasteiger partial charge in [0.05, 0.1) is 37.1 Å². The fraction of sp³-hybridized carbons (Fsp3) is 0.286. The Bertz CT molecular complexity index is 1520. The zero-order valence-corrected chi connectivity index (χ0v) is 25.8. The third-order valence-corrected chi connectivity index (χ3v) is 6.53. The Hall–Kier alpha value is -4.12. The molecule has 3 aromatic rings. The van der Waals surface area contributed by atoms with Crippen molar-refractivity contribution in [2.45, 2.75) is 37.3 Å². The van der Waals surface area contributed by atoms with Gasteiger partial charge in [-0.1, -0.05) is 41.6 Å². The maximum absolute atomic E-state index is 12.7. The van der Waals surface area contributed by atoms with Gasteiger partial charge in [0.2, 0.25) is 11.8 Å². The van der Waals surface area contributed by atoms with Crippen molar-refractivity contribution in [3.63, 3.8) is 0 Å². The molecule has 1 aliphatic heterocycles. The molecule has 0 saturated heterocycles. The van der Waals surface area contributed by atoms with Crippen LogP contribution in [0.2, 0.25) is 0 Å². The molecule has 0 fully saturated rings. The molecule has 3 amide bonds. The number of nitrogens with one attached hydrogen (secondary N) is 3. The maximum Gasteiger partial charge on any atom is 1.00 e. The number of aliphatic carboxylic acids is 1. The van der Waals surface area contributed by atoms with Gasteiger partial charge >= 0.3 is 29.6 Å². The van der Waals surface area contributed by atoms with E-state index in [9.17, 15) is 39.6 Å². The van der Waals surface area contributed by atoms with Crippen LogP contribution < -0.4 is 50.6 Å². The van der Waals surface area contributed by atoms with Crippen molar-refractivity contribution in [3.8, 4) is 11.3 Å². The zero-order valence-electron chi connectivity index (χ0n) is 23.8. The molecule has 0 spiro atoms. The summed E-state index contributed by atoms with van der Waals surface area (Å²) in [7, 11) is 0. The van der Waals surface area contributed by atoms with Gasteiger partial charge in [-0.2, -0.15) is 0 Å². The predicted molar refractivity (Wildman–Crippen MR) is 147 cm³/mol. The molecule has 226 valence electrons. The van der Waals surface area contributed by atoms with Crippen molar-refractivity contribution in [2.75, 3.05) is 18.5 Å². The first kappa shape index (κ1) is 34.4. The van der Waals surface area contributed by atoms with Crippen LogP contribution in [-0.2, 0) is 19.1 Å². The number of nitrogens with zero attached hydrogens (tertiary/aromatic N) is 3. The van der Waals surface area contributed by atoms with E-state index in [1.165, 1.54) is 17.8 Å². The van der Waals surface area contributed by atoms with Crippen molar-refractivity contribution in [1.82, 2.24) is 25.6 Å². The first-order chi connectivity index (χ1) is 20.6. The number of benzene rings is 2. The van der Waals surface area contributed by atoms with Crippen LogP contribution in [0, 0.1) is 0 Å². The third kappa shape index (κ3) is 8.28. The molecule has 0 bridgehead atoms. The molecule has 2 aromatic carbocycles. The zero-order chi connectivity index (χ0) is 31.1. The van der Waals surface area contributed by atoms with E-state index < -0.39 is 66.5 Å². The molecule has 44 heavy (non-hydrogen) atoms. The summed E-state index contributed by atoms with van der Waals surface area (Å²) in [5.74, 6) is -3.92. The van der Waals surface area contributed by atoms with Crippen LogP contribution in [0.15, 0.2) is 72.6 Å². The second-order valence-electron chi connectivity index (χ2n) is 9.58. The Morgan fingerprint density at radius 1 is 1.07 bits per heavy atom. The van der Waals surface area contributed by atoms with Crippen molar-refractivity contribution in [1.29, 1.82) is 0 Å². The number of rotatable bonds is 11. The minimum atomic E-state index is -1.81. The molecular weight excluding hydrogens is 587 g/mol. The van der Waals surface area contributed by atoms with E-state index in [0.717, 1.165) is 6.08 Å². The van der Waals surface area contributed by atoms with E-state index in [0.29, 0.717) is 16.8 Å². The number of anilines is 1. The molecule has 4 rings (SSSR count). The van der Waals surface area contributed by atoms with Crippen molar-refractivity contribution in [2.24, 2.45) is 0 Å². The molecule has 6 N–H and O–H groups in total. The van der Waals surface area contributed by atoms with Crippen LogP contribution in [0.1, 0.15) is 23.3 Å². The molecule has 0 saturated carbocycles. The van der Waals surface area contributed by atoms with Crippen molar-refractivity contribution < 1.29 is 73.9 Å². The first-order valence-corrected chi connectivity index (χ1v) is 13.1. The number of aliphatic hydroxyl groups excluding tert-OH is 3. The van der Waals surface area contributed by atoms with Crippen molar-refractivity contribution in [3.05, 3.63) is 78.2 Å². The molecule has 0 radical (unpaired) electrons. The van der Waals surface area contributed by atoms with E-state index in [1.54, 1.807) is 54.6 Å². The number of ether oxygens (including phenoxy) is 1. The number of aliphatic hydroxyl groups is 3. The minimum absolute atomic E-state index is 0. The van der Waals surface area contributed by atoms with Crippen LogP contribution in [0.25, 0.3) is 11.3 Å². The molecule has 2 heterocycles. The van der Waals surface area contributed by atoms with Gasteiger partial charge in [-0.3, -0.25) is 14.4 Å². The summed E-state index contributed by atoms with van der Waals surface area (Å²) < 4.78 is 6.56. The number of carboxylic acid groups (broad SMARTS) is 1. The van der Waals surface area contributed by atoms with Gasteiger partial charge in [0.1, 0.15) is 35.7 Å². The third-order valence-electron chi connectivity index (χ3n) is 6.53. The van der Waals surface area contributed by atoms with Crippen LogP contribution in [0.5, 0.6) is 0 Å². The topological polar surface area (TPSA) is 228 Å². The number of hydrogen-bond acceptors (Lipinski definition) is 11. The number of carbonyl (C=O) groups excluding carboxylic acids is 4. The summed E-state index contributed by atoms with van der Waals surface area (Å²) in [6.07, 6.45) is -2.54. The molecular formula is C28H29N6NaO9. The summed E-state index contributed by atoms with van der Waals surface area (Å²) in [6, 6.07) is 12.7. The monoisotopic (exact) mass is 616 g/mol. The van der Waals surface area contributed by atoms with Gasteiger partial charge in [-0.15, -0.1) is 5.10 Å². The van der Waals surface area contributed by atoms with Gasteiger partial charge < -0.3 is 45.9 Å². The molecule has 5 atom stereocenters. The van der Waals surface area contributed by atoms with Crippen LogP contribution in [0.3, 0.4) is 0 Å². The standard InChI is InChI=1S/C28H30N6O9.Na/c1-15(36)30-24-20(11-22(28(41)42)43-26(24)25(39)21(37)14-35)34-13-19(32-33-34)17-9-5-6-10-18(17)31-23(38)12-29-27(40)16-7-3-2-4-8-16;/h2-11,13,20-21,24-26,35,37,39H,12,14H2,1H3,(H,29,40)(H,30,36)(H,31,38)(H,41,42);/q;+1/p-1/t20-,21+,24+,25+,26+;/m0./s1. The summed E-state index contributed by atoms with van der Waals surface area (Å²) in [5.41, 5.74) is 1.41. The summed E-state index contributed by atoms with van der Waals surface area (Å²) in [6.45, 7) is 0.0130. The number of aromatic nitrogens is 3. The molecule has 1 aromatic heterocycles. The fourth-order valence-electron chi connectivity index (χ4n) is 4.49. The SMILES string of the molecule is CC(=O)N[C@H]1[C@H]([C@H](O)[C@H](O)CO)OC(C(=O)[O-])=C[C@@H]1n1cc(-c2ccccc2NC(=O)CNC(=O)c2ccccc2)nn1.[Na+]. The van der Waals surface area contributed by atoms with E-state index in [2.05, 4.69) is 26.3 Å². The Kier molecular flexibility index (Phi) is 12.2. The number of hydrogen-bond donors (Lipinski definition) is 6. The Labute approximate surface area is 273 Å². The minimum Gasteiger partial charge on any atom is -0.542 e. The Morgan fingerprint density at radius 2 is 1.75 bits per heavy atom. The van der Waals surface area contributed by atoms with Crippen LogP contribution in [0.4, 0.5) is 5.69 Å². The average molecular weight is 617 g/mol. The molecule has 16 heteroatoms. The Morgan fingerprint density at radius 3 is 2.41 bits per heavy atom. The van der Waals surface area contributed by atoms with Gasteiger partial charge in [0, 0.05) is 18.1 Å². The van der Waals surface area contributed by atoms with E-state index in [1.807, 2.05) is 0 Å². The van der Waals surface area contributed by atoms with E-state index in [4.69, 9.17) is 4.74 Å². The summed E-state index contributed by atoms with van der Waals surface area (Å²) in [4.78, 5) is 48.7.